The molecule has 1 aromatic heterocycles. The van der Waals surface area contributed by atoms with Crippen LogP contribution in [0.25, 0.3) is 11.1 Å². The zero-order valence-electron chi connectivity index (χ0n) is 18.5. The summed E-state index contributed by atoms with van der Waals surface area (Å²) in [4.78, 5) is 16.4. The van der Waals surface area contributed by atoms with E-state index in [1.165, 1.54) is 30.3 Å². The lowest BCUT2D eigenvalue weighted by atomic mass is 10.0. The second-order valence-electron chi connectivity index (χ2n) is 8.17. The fourth-order valence-electron chi connectivity index (χ4n) is 3.91. The molecule has 2 aromatic carbocycles. The highest BCUT2D eigenvalue weighted by atomic mass is 32.2. The number of nitrogens with zero attached hydrogens (tertiary/aromatic N) is 2. The molecule has 0 aliphatic carbocycles. The van der Waals surface area contributed by atoms with Crippen molar-refractivity contribution < 1.29 is 35.2 Å². The highest BCUT2D eigenvalue weighted by Crippen LogP contribution is 2.29. The molecule has 190 valence electrons. The number of carbonyl (C=O) groups excluding carboxylic acids is 1. The van der Waals surface area contributed by atoms with Crippen LogP contribution in [0.3, 0.4) is 0 Å². The van der Waals surface area contributed by atoms with Gasteiger partial charge in [0.05, 0.1) is 23.3 Å². The van der Waals surface area contributed by atoms with Crippen LogP contribution in [0.15, 0.2) is 65.7 Å². The van der Waals surface area contributed by atoms with Crippen LogP contribution >= 0.6 is 0 Å². The predicted molar refractivity (Wildman–Crippen MR) is 120 cm³/mol. The Kier molecular flexibility index (Phi) is 7.36. The predicted octanol–water partition coefficient (Wildman–Crippen LogP) is 4.38. The van der Waals surface area contributed by atoms with Crippen LogP contribution in [0.4, 0.5) is 22.0 Å². The molecule has 2 heterocycles. The fraction of sp³-hybridized carbons (Fsp3) is 0.250. The van der Waals surface area contributed by atoms with Crippen molar-refractivity contribution in [1.82, 2.24) is 14.6 Å². The number of carbonyl (C=O) groups is 1. The summed E-state index contributed by atoms with van der Waals surface area (Å²) in [5, 5.41) is 2.49. The van der Waals surface area contributed by atoms with Crippen LogP contribution in [0, 0.1) is 11.6 Å². The first-order chi connectivity index (χ1) is 17.1. The van der Waals surface area contributed by atoms with Crippen molar-refractivity contribution in [3.63, 3.8) is 0 Å². The van der Waals surface area contributed by atoms with E-state index in [0.29, 0.717) is 5.56 Å². The molecule has 3 aromatic rings. The minimum Gasteiger partial charge on any atom is -0.349 e. The molecule has 1 aliphatic rings. The number of hydrogen-bond acceptors (Lipinski definition) is 4. The Balaban J connectivity index is 1.49. The van der Waals surface area contributed by atoms with Gasteiger partial charge < -0.3 is 5.32 Å². The van der Waals surface area contributed by atoms with Crippen LogP contribution in [-0.4, -0.2) is 42.4 Å². The summed E-state index contributed by atoms with van der Waals surface area (Å²) in [6.07, 6.45) is -3.71. The third kappa shape index (κ3) is 5.39. The molecular formula is C24H20F5N3O3S. The van der Waals surface area contributed by atoms with Crippen LogP contribution in [0.1, 0.15) is 24.1 Å². The molecule has 6 nitrogen and oxygen atoms in total. The highest BCUT2D eigenvalue weighted by Gasteiger charge is 2.44. The molecule has 0 radical (unpaired) electrons. The van der Waals surface area contributed by atoms with Gasteiger partial charge in [0.1, 0.15) is 23.8 Å². The topological polar surface area (TPSA) is 79.4 Å². The van der Waals surface area contributed by atoms with E-state index in [9.17, 15) is 35.2 Å². The van der Waals surface area contributed by atoms with E-state index in [-0.39, 0.29) is 34.7 Å². The Labute approximate surface area is 203 Å². The molecule has 1 amide bonds. The number of rotatable bonds is 7. The van der Waals surface area contributed by atoms with Gasteiger partial charge >= 0.3 is 0 Å². The van der Waals surface area contributed by atoms with E-state index in [1.54, 1.807) is 0 Å². The van der Waals surface area contributed by atoms with E-state index in [2.05, 4.69) is 10.3 Å². The summed E-state index contributed by atoms with van der Waals surface area (Å²) < 4.78 is 93.9. The van der Waals surface area contributed by atoms with E-state index in [0.717, 1.165) is 34.8 Å². The number of alkyl halides is 3. The van der Waals surface area contributed by atoms with Gasteiger partial charge in [-0.3, -0.25) is 9.78 Å². The van der Waals surface area contributed by atoms with Gasteiger partial charge in [-0.25, -0.2) is 30.4 Å². The van der Waals surface area contributed by atoms with Crippen LogP contribution in [-0.2, 0) is 21.4 Å². The quantitative estimate of drug-likeness (QED) is 0.465. The first-order valence-electron chi connectivity index (χ1n) is 10.8. The van der Waals surface area contributed by atoms with Gasteiger partial charge in [0, 0.05) is 24.1 Å². The van der Waals surface area contributed by atoms with Crippen molar-refractivity contribution in [2.75, 3.05) is 6.54 Å². The van der Waals surface area contributed by atoms with Crippen molar-refractivity contribution >= 4 is 15.9 Å². The molecule has 1 aliphatic heterocycles. The molecule has 0 bridgehead atoms. The average Bonchev–Trinajstić information content (AvgIpc) is 3.26. The second kappa shape index (κ2) is 10.3. The monoisotopic (exact) mass is 525 g/mol. The zero-order chi connectivity index (χ0) is 26.0. The number of hydrogen-bond donors (Lipinski definition) is 1. The molecular weight excluding hydrogens is 505 g/mol. The summed E-state index contributed by atoms with van der Waals surface area (Å²) in [6.45, 7) is -0.759. The number of halogens is 5. The van der Waals surface area contributed by atoms with Crippen LogP contribution in [0.2, 0.25) is 0 Å². The van der Waals surface area contributed by atoms with E-state index in [1.807, 2.05) is 0 Å². The number of amides is 1. The summed E-state index contributed by atoms with van der Waals surface area (Å²) in [6, 6.07) is 8.94. The number of pyridine rings is 1. The van der Waals surface area contributed by atoms with E-state index < -0.39 is 52.7 Å². The molecule has 2 atom stereocenters. The molecule has 1 fully saturated rings. The third-order valence-corrected chi connectivity index (χ3v) is 7.65. The maximum absolute atomic E-state index is 14.3. The molecule has 12 heteroatoms. The van der Waals surface area contributed by atoms with Gasteiger partial charge in [-0.15, -0.1) is 0 Å². The lowest BCUT2D eigenvalue weighted by Gasteiger charge is -2.23. The number of benzene rings is 2. The maximum Gasteiger partial charge on any atom is 0.263 e. The van der Waals surface area contributed by atoms with E-state index in [4.69, 9.17) is 0 Å². The van der Waals surface area contributed by atoms with Gasteiger partial charge in [-0.2, -0.15) is 4.31 Å². The highest BCUT2D eigenvalue weighted by molar-refractivity contribution is 7.89. The molecule has 0 saturated carbocycles. The smallest absolute Gasteiger partial charge is 0.263 e. The standard InChI is InChI=1S/C24H20F5N3O3S/c25-16-5-7-19(8-6-16)36(34,35)32-13-17(26)9-22(32)24(33)31-11-18-10-20(21(27)12-30-18)14-1-3-15(4-2-14)23(28)29/h1-8,10,12,17,22-23H,9,11,13H2,(H,31,33). The van der Waals surface area contributed by atoms with E-state index >= 15 is 0 Å². The third-order valence-electron chi connectivity index (χ3n) is 5.76. The van der Waals surface area contributed by atoms with Gasteiger partial charge in [-0.1, -0.05) is 24.3 Å². The van der Waals surface area contributed by atoms with Gasteiger partial charge in [-0.05, 0) is 35.9 Å². The summed E-state index contributed by atoms with van der Waals surface area (Å²) >= 11 is 0. The van der Waals surface area contributed by atoms with Gasteiger partial charge in [0.15, 0.2) is 0 Å². The SMILES string of the molecule is O=C(NCc1cc(-c2ccc(C(F)F)cc2)c(F)cn1)C1CC(F)CN1S(=O)(=O)c1ccc(F)cc1. The minimum atomic E-state index is -4.28. The number of nitrogens with one attached hydrogen (secondary N) is 1. The number of sulfonamides is 1. The molecule has 2 unspecified atom stereocenters. The Morgan fingerprint density at radius 2 is 1.75 bits per heavy atom. The molecule has 1 saturated heterocycles. The van der Waals surface area contributed by atoms with Gasteiger partial charge in [0.25, 0.3) is 6.43 Å². The van der Waals surface area contributed by atoms with Crippen molar-refractivity contribution in [3.8, 4) is 11.1 Å². The first kappa shape index (κ1) is 25.7. The van der Waals surface area contributed by atoms with Gasteiger partial charge in [0.2, 0.25) is 15.9 Å². The zero-order valence-corrected chi connectivity index (χ0v) is 19.4. The minimum absolute atomic E-state index is 0.0697. The summed E-state index contributed by atoms with van der Waals surface area (Å²) in [7, 11) is -4.28. The van der Waals surface area contributed by atoms with Crippen molar-refractivity contribution in [2.45, 2.75) is 36.5 Å². The molecule has 1 N–H and O–H groups in total. The fourth-order valence-corrected chi connectivity index (χ4v) is 5.53. The Morgan fingerprint density at radius 3 is 2.39 bits per heavy atom. The number of aromatic nitrogens is 1. The van der Waals surface area contributed by atoms with Crippen molar-refractivity contribution in [3.05, 3.63) is 83.7 Å². The Hall–Kier alpha value is -3.38. The average molecular weight is 525 g/mol. The lowest BCUT2D eigenvalue weighted by molar-refractivity contribution is -0.124. The van der Waals surface area contributed by atoms with Crippen LogP contribution < -0.4 is 5.32 Å². The summed E-state index contributed by atoms with van der Waals surface area (Å²) in [5.74, 6) is -2.14. The largest absolute Gasteiger partial charge is 0.349 e. The Morgan fingerprint density at radius 1 is 1.08 bits per heavy atom. The first-order valence-corrected chi connectivity index (χ1v) is 12.2. The molecule has 4 rings (SSSR count). The lowest BCUT2D eigenvalue weighted by Crippen LogP contribution is -2.45. The van der Waals surface area contributed by atoms with Crippen molar-refractivity contribution in [1.29, 1.82) is 0 Å². The normalized spacial score (nSPS) is 18.5. The summed E-state index contributed by atoms with van der Waals surface area (Å²) in [5.41, 5.74) is 0.378. The molecule has 0 spiro atoms. The van der Waals surface area contributed by atoms with Crippen molar-refractivity contribution in [2.24, 2.45) is 0 Å². The van der Waals surface area contributed by atoms with Crippen LogP contribution in [0.5, 0.6) is 0 Å². The molecule has 36 heavy (non-hydrogen) atoms. The second-order valence-corrected chi connectivity index (χ2v) is 10.1. The maximum atomic E-state index is 14.3. The Bertz CT molecular complexity index is 1350.